The van der Waals surface area contributed by atoms with Gasteiger partial charge in [-0.3, -0.25) is 4.68 Å². The minimum absolute atomic E-state index is 0.254. The van der Waals surface area contributed by atoms with Crippen molar-refractivity contribution in [2.75, 3.05) is 6.61 Å². The summed E-state index contributed by atoms with van der Waals surface area (Å²) in [5.41, 5.74) is 5.09. The lowest BCUT2D eigenvalue weighted by Gasteiger charge is -2.10. The number of aromatic nitrogens is 6. The molecule has 4 aromatic rings. The third-order valence-corrected chi connectivity index (χ3v) is 5.19. The number of nitrogens with one attached hydrogen (secondary N) is 1. The number of tetrazole rings is 1. The van der Waals surface area contributed by atoms with Crippen molar-refractivity contribution < 1.29 is 14.3 Å². The van der Waals surface area contributed by atoms with Crippen LogP contribution in [0, 0.1) is 0 Å². The summed E-state index contributed by atoms with van der Waals surface area (Å²) in [7, 11) is 0. The molecule has 0 fully saturated rings. The lowest BCUT2D eigenvalue weighted by atomic mass is 9.98. The molecule has 33 heavy (non-hydrogen) atoms. The Morgan fingerprint density at radius 1 is 1.06 bits per heavy atom. The van der Waals surface area contributed by atoms with E-state index in [1.54, 1.807) is 6.92 Å². The molecular weight excluding hydrogens is 420 g/mol. The topological polar surface area (TPSA) is 108 Å². The molecule has 0 bridgehead atoms. The Kier molecular flexibility index (Phi) is 7.09. The summed E-state index contributed by atoms with van der Waals surface area (Å²) in [5, 5.41) is 18.9. The van der Waals surface area contributed by atoms with Crippen LogP contribution >= 0.6 is 0 Å². The smallest absolute Gasteiger partial charge is 0.434 e. The van der Waals surface area contributed by atoms with Gasteiger partial charge in [0.25, 0.3) is 0 Å². The first-order valence-corrected chi connectivity index (χ1v) is 11.0. The highest BCUT2D eigenvalue weighted by atomic mass is 16.7. The van der Waals surface area contributed by atoms with Crippen LogP contribution in [-0.4, -0.2) is 43.2 Å². The number of carbonyl (C=O) groups excluding carboxylic acids is 1. The van der Waals surface area contributed by atoms with Crippen LogP contribution in [0.15, 0.2) is 54.6 Å². The molecule has 0 spiro atoms. The van der Waals surface area contributed by atoms with E-state index < -0.39 is 6.16 Å². The highest BCUT2D eigenvalue weighted by molar-refractivity contribution is 5.80. The molecule has 0 saturated carbocycles. The monoisotopic (exact) mass is 446 g/mol. The van der Waals surface area contributed by atoms with Crippen molar-refractivity contribution in [1.29, 1.82) is 0 Å². The first-order chi connectivity index (χ1) is 16.2. The Labute approximate surface area is 191 Å². The Bertz CT molecular complexity index is 1190. The zero-order valence-corrected chi connectivity index (χ0v) is 18.7. The molecule has 170 valence electrons. The quantitative estimate of drug-likeness (QED) is 0.373. The van der Waals surface area contributed by atoms with Gasteiger partial charge < -0.3 is 9.47 Å². The molecule has 2 aromatic heterocycles. The zero-order valence-electron chi connectivity index (χ0n) is 18.7. The molecule has 0 amide bonds. The SMILES string of the molecule is CCCCc1cc(OC(=O)OCC)nn1Cc1ccc(-c2ccccc2-c2nn[nH]n2)cc1. The number of carbonyl (C=O) groups is 1. The Hall–Kier alpha value is -4.01. The van der Waals surface area contributed by atoms with E-state index >= 15 is 0 Å². The van der Waals surface area contributed by atoms with Crippen molar-refractivity contribution in [2.24, 2.45) is 0 Å². The first kappa shape index (κ1) is 22.2. The van der Waals surface area contributed by atoms with Gasteiger partial charge in [0.05, 0.1) is 13.2 Å². The lowest BCUT2D eigenvalue weighted by Crippen LogP contribution is -2.11. The van der Waals surface area contributed by atoms with Crippen LogP contribution < -0.4 is 4.74 Å². The molecule has 0 radical (unpaired) electrons. The number of unbranched alkanes of at least 4 members (excludes halogenated alkanes) is 1. The van der Waals surface area contributed by atoms with Gasteiger partial charge in [-0.15, -0.1) is 15.3 Å². The van der Waals surface area contributed by atoms with Crippen molar-refractivity contribution >= 4 is 6.16 Å². The van der Waals surface area contributed by atoms with Gasteiger partial charge in [0.2, 0.25) is 11.7 Å². The van der Waals surface area contributed by atoms with Crippen LogP contribution in [0.25, 0.3) is 22.5 Å². The lowest BCUT2D eigenvalue weighted by molar-refractivity contribution is 0.102. The summed E-state index contributed by atoms with van der Waals surface area (Å²) >= 11 is 0. The van der Waals surface area contributed by atoms with Crippen molar-refractivity contribution in [3.8, 4) is 28.4 Å². The molecule has 1 N–H and O–H groups in total. The third kappa shape index (κ3) is 5.43. The molecule has 0 aliphatic heterocycles. The van der Waals surface area contributed by atoms with Gasteiger partial charge in [-0.25, -0.2) is 4.79 Å². The Morgan fingerprint density at radius 2 is 1.85 bits per heavy atom. The fraction of sp³-hybridized carbons (Fsp3) is 0.292. The van der Waals surface area contributed by atoms with Crippen LogP contribution in [0.2, 0.25) is 0 Å². The molecule has 2 aromatic carbocycles. The summed E-state index contributed by atoms with van der Waals surface area (Å²) < 4.78 is 11.9. The average Bonchev–Trinajstić information content (AvgIpc) is 3.49. The maximum atomic E-state index is 11.7. The molecule has 0 aliphatic rings. The van der Waals surface area contributed by atoms with Crippen LogP contribution in [-0.2, 0) is 17.7 Å². The first-order valence-electron chi connectivity index (χ1n) is 11.0. The number of aromatic amines is 1. The minimum atomic E-state index is -0.742. The summed E-state index contributed by atoms with van der Waals surface area (Å²) in [6.07, 6.45) is 2.20. The minimum Gasteiger partial charge on any atom is -0.434 e. The second-order valence-electron chi connectivity index (χ2n) is 7.50. The molecule has 9 nitrogen and oxygen atoms in total. The van der Waals surface area contributed by atoms with Gasteiger partial charge in [-0.1, -0.05) is 61.9 Å². The number of nitrogens with zero attached hydrogens (tertiary/aromatic N) is 5. The van der Waals surface area contributed by atoms with Crippen LogP contribution in [0.5, 0.6) is 5.88 Å². The van der Waals surface area contributed by atoms with Gasteiger partial charge in [0, 0.05) is 17.3 Å². The molecule has 0 unspecified atom stereocenters. The summed E-state index contributed by atoms with van der Waals surface area (Å²) in [5.74, 6) is 0.811. The van der Waals surface area contributed by atoms with E-state index in [0.717, 1.165) is 47.2 Å². The summed E-state index contributed by atoms with van der Waals surface area (Å²) in [6.45, 7) is 4.70. The van der Waals surface area contributed by atoms with Crippen LogP contribution in [0.4, 0.5) is 4.79 Å². The second kappa shape index (κ2) is 10.5. The van der Waals surface area contributed by atoms with Crippen LogP contribution in [0.1, 0.15) is 37.9 Å². The molecule has 4 rings (SSSR count). The summed E-state index contributed by atoms with van der Waals surface area (Å²) in [4.78, 5) is 11.7. The molecule has 0 saturated heterocycles. The molecule has 0 atom stereocenters. The van der Waals surface area contributed by atoms with Crippen molar-refractivity contribution in [1.82, 2.24) is 30.4 Å². The number of H-pyrrole nitrogens is 1. The van der Waals surface area contributed by atoms with Gasteiger partial charge in [-0.05, 0) is 41.7 Å². The van der Waals surface area contributed by atoms with E-state index in [1.165, 1.54) is 0 Å². The molecule has 2 heterocycles. The maximum Gasteiger partial charge on any atom is 0.515 e. The number of rotatable bonds is 9. The normalized spacial score (nSPS) is 10.8. The molecule has 9 heteroatoms. The van der Waals surface area contributed by atoms with Crippen molar-refractivity contribution in [2.45, 2.75) is 39.7 Å². The predicted octanol–water partition coefficient (Wildman–Crippen LogP) is 4.66. The van der Waals surface area contributed by atoms with Gasteiger partial charge in [0.15, 0.2) is 0 Å². The molecular formula is C24H26N6O3. The highest BCUT2D eigenvalue weighted by Gasteiger charge is 2.14. The standard InChI is InChI=1S/C24H26N6O3/c1-3-5-8-19-15-22(33-24(31)32-4-2)27-30(19)16-17-11-13-18(14-12-17)20-9-6-7-10-21(20)23-25-28-29-26-23/h6-7,9-15H,3-5,8,16H2,1-2H3,(H,25,26,28,29). The second-order valence-corrected chi connectivity index (χ2v) is 7.50. The fourth-order valence-corrected chi connectivity index (χ4v) is 3.58. The maximum absolute atomic E-state index is 11.7. The van der Waals surface area contributed by atoms with E-state index in [1.807, 2.05) is 35.0 Å². The number of aryl methyl sites for hydroxylation is 1. The van der Waals surface area contributed by atoms with Gasteiger partial charge in [0.1, 0.15) is 0 Å². The van der Waals surface area contributed by atoms with E-state index in [2.05, 4.69) is 56.9 Å². The Balaban J connectivity index is 1.55. The average molecular weight is 447 g/mol. The van der Waals surface area contributed by atoms with Gasteiger partial charge >= 0.3 is 6.16 Å². The molecule has 0 aliphatic carbocycles. The number of hydrogen-bond acceptors (Lipinski definition) is 7. The number of hydrogen-bond donors (Lipinski definition) is 1. The summed E-state index contributed by atoms with van der Waals surface area (Å²) in [6, 6.07) is 18.0. The number of benzene rings is 2. The largest absolute Gasteiger partial charge is 0.515 e. The zero-order chi connectivity index (χ0) is 23.0. The highest BCUT2D eigenvalue weighted by Crippen LogP contribution is 2.30. The van der Waals surface area contributed by atoms with Crippen LogP contribution in [0.3, 0.4) is 0 Å². The van der Waals surface area contributed by atoms with Crippen molar-refractivity contribution in [3.05, 3.63) is 65.9 Å². The van der Waals surface area contributed by atoms with E-state index in [0.29, 0.717) is 12.4 Å². The van der Waals surface area contributed by atoms with E-state index in [4.69, 9.17) is 9.47 Å². The van der Waals surface area contributed by atoms with Gasteiger partial charge in [-0.2, -0.15) is 5.21 Å². The van der Waals surface area contributed by atoms with E-state index in [9.17, 15) is 4.79 Å². The predicted molar refractivity (Wildman–Crippen MR) is 123 cm³/mol. The van der Waals surface area contributed by atoms with Crippen molar-refractivity contribution in [3.63, 3.8) is 0 Å². The third-order valence-electron chi connectivity index (χ3n) is 5.19. The fourth-order valence-electron chi connectivity index (χ4n) is 3.58. The Morgan fingerprint density at radius 3 is 2.55 bits per heavy atom. The van der Waals surface area contributed by atoms with E-state index in [-0.39, 0.29) is 12.5 Å². The number of ether oxygens (including phenoxy) is 2.